The van der Waals surface area contributed by atoms with Crippen LogP contribution in [-0.2, 0) is 9.59 Å². The maximum Gasteiger partial charge on any atom is 0.326 e. The lowest BCUT2D eigenvalue weighted by molar-refractivity contribution is -0.151. The molecule has 2 rings (SSSR count). The van der Waals surface area contributed by atoms with Crippen molar-refractivity contribution in [3.63, 3.8) is 0 Å². The van der Waals surface area contributed by atoms with Gasteiger partial charge in [0, 0.05) is 11.4 Å². The van der Waals surface area contributed by atoms with E-state index >= 15 is 0 Å². The monoisotopic (exact) mass is 327 g/mol. The Morgan fingerprint density at radius 3 is 2.81 bits per heavy atom. The number of amides is 1. The first-order valence-corrected chi connectivity index (χ1v) is 8.25. The molecule has 1 heterocycles. The molecule has 1 aromatic rings. The SMILES string of the molecule is CC1CCN(C(=O)CSc2ccccc2Cl)C(C(=O)O)C1. The van der Waals surface area contributed by atoms with Crippen molar-refractivity contribution in [2.24, 2.45) is 5.92 Å². The molecular formula is C15H18ClNO3S. The number of carboxylic acid groups (broad SMARTS) is 1. The number of likely N-dealkylation sites (tertiary alicyclic amines) is 1. The van der Waals surface area contributed by atoms with E-state index in [2.05, 4.69) is 0 Å². The van der Waals surface area contributed by atoms with E-state index in [1.807, 2.05) is 25.1 Å². The van der Waals surface area contributed by atoms with E-state index in [1.165, 1.54) is 16.7 Å². The Hall–Kier alpha value is -1.20. The minimum atomic E-state index is -0.919. The van der Waals surface area contributed by atoms with Gasteiger partial charge in [-0.1, -0.05) is 30.7 Å². The van der Waals surface area contributed by atoms with Gasteiger partial charge in [0.25, 0.3) is 0 Å². The molecule has 2 atom stereocenters. The molecule has 114 valence electrons. The van der Waals surface area contributed by atoms with Crippen molar-refractivity contribution in [3.8, 4) is 0 Å². The van der Waals surface area contributed by atoms with Gasteiger partial charge in [-0.25, -0.2) is 4.79 Å². The fraction of sp³-hybridized carbons (Fsp3) is 0.467. The van der Waals surface area contributed by atoms with Crippen LogP contribution in [0.5, 0.6) is 0 Å². The molecule has 0 aliphatic carbocycles. The number of hydrogen-bond donors (Lipinski definition) is 1. The summed E-state index contributed by atoms with van der Waals surface area (Å²) in [5.74, 6) is -0.509. The molecule has 0 saturated carbocycles. The number of benzene rings is 1. The lowest BCUT2D eigenvalue weighted by Crippen LogP contribution is -2.50. The van der Waals surface area contributed by atoms with Crippen LogP contribution < -0.4 is 0 Å². The van der Waals surface area contributed by atoms with Crippen LogP contribution in [0.4, 0.5) is 0 Å². The van der Waals surface area contributed by atoms with E-state index in [4.69, 9.17) is 11.6 Å². The lowest BCUT2D eigenvalue weighted by atomic mass is 9.92. The summed E-state index contributed by atoms with van der Waals surface area (Å²) in [6.07, 6.45) is 1.38. The molecule has 2 unspecified atom stereocenters. The van der Waals surface area contributed by atoms with E-state index in [0.29, 0.717) is 23.9 Å². The Bertz CT molecular complexity index is 537. The average molecular weight is 328 g/mol. The topological polar surface area (TPSA) is 57.6 Å². The van der Waals surface area contributed by atoms with Crippen molar-refractivity contribution in [1.82, 2.24) is 4.90 Å². The predicted octanol–water partition coefficient (Wildman–Crippen LogP) is 3.14. The van der Waals surface area contributed by atoms with E-state index < -0.39 is 12.0 Å². The number of carboxylic acids is 1. The van der Waals surface area contributed by atoms with Crippen LogP contribution in [0.15, 0.2) is 29.2 Å². The zero-order valence-corrected chi connectivity index (χ0v) is 13.4. The Balaban J connectivity index is 1.99. The summed E-state index contributed by atoms with van der Waals surface area (Å²) in [6, 6.07) is 6.62. The molecule has 0 radical (unpaired) electrons. The first-order valence-electron chi connectivity index (χ1n) is 6.88. The third-order valence-electron chi connectivity index (χ3n) is 3.66. The standard InChI is InChI=1S/C15H18ClNO3S/c1-10-6-7-17(12(8-10)15(19)20)14(18)9-21-13-5-3-2-4-11(13)16/h2-5,10,12H,6-9H2,1H3,(H,19,20). The van der Waals surface area contributed by atoms with Gasteiger partial charge >= 0.3 is 5.97 Å². The van der Waals surface area contributed by atoms with Crippen LogP contribution in [0.1, 0.15) is 19.8 Å². The van der Waals surface area contributed by atoms with Crippen LogP contribution in [0.3, 0.4) is 0 Å². The Morgan fingerprint density at radius 1 is 1.43 bits per heavy atom. The number of nitrogens with zero attached hydrogens (tertiary/aromatic N) is 1. The maximum absolute atomic E-state index is 12.3. The van der Waals surface area contributed by atoms with Gasteiger partial charge in [-0.05, 0) is 30.9 Å². The van der Waals surface area contributed by atoms with Crippen molar-refractivity contribution in [3.05, 3.63) is 29.3 Å². The molecular weight excluding hydrogens is 310 g/mol. The highest BCUT2D eigenvalue weighted by atomic mass is 35.5. The summed E-state index contributed by atoms with van der Waals surface area (Å²) in [5, 5.41) is 9.89. The molecule has 1 aliphatic rings. The molecule has 1 aromatic carbocycles. The van der Waals surface area contributed by atoms with E-state index in [-0.39, 0.29) is 11.7 Å². The maximum atomic E-state index is 12.3. The van der Waals surface area contributed by atoms with Crippen LogP contribution >= 0.6 is 23.4 Å². The third kappa shape index (κ3) is 4.14. The van der Waals surface area contributed by atoms with Gasteiger partial charge in [0.1, 0.15) is 6.04 Å². The van der Waals surface area contributed by atoms with Gasteiger partial charge in [0.2, 0.25) is 5.91 Å². The van der Waals surface area contributed by atoms with Crippen molar-refractivity contribution in [2.75, 3.05) is 12.3 Å². The molecule has 1 saturated heterocycles. The second-order valence-corrected chi connectivity index (χ2v) is 6.71. The molecule has 1 amide bonds. The molecule has 0 bridgehead atoms. The quantitative estimate of drug-likeness (QED) is 0.863. The van der Waals surface area contributed by atoms with E-state index in [9.17, 15) is 14.7 Å². The molecule has 0 spiro atoms. The highest BCUT2D eigenvalue weighted by molar-refractivity contribution is 8.00. The second-order valence-electron chi connectivity index (χ2n) is 5.29. The summed E-state index contributed by atoms with van der Waals surface area (Å²) in [7, 11) is 0. The van der Waals surface area contributed by atoms with E-state index in [0.717, 1.165) is 11.3 Å². The summed E-state index contributed by atoms with van der Waals surface area (Å²) >= 11 is 7.40. The zero-order valence-electron chi connectivity index (χ0n) is 11.8. The highest BCUT2D eigenvalue weighted by Gasteiger charge is 2.34. The first kappa shape index (κ1) is 16.2. The third-order valence-corrected chi connectivity index (χ3v) is 5.16. The number of halogens is 1. The largest absolute Gasteiger partial charge is 0.480 e. The van der Waals surface area contributed by atoms with Gasteiger partial charge in [-0.2, -0.15) is 0 Å². The van der Waals surface area contributed by atoms with Crippen LogP contribution in [0.2, 0.25) is 5.02 Å². The van der Waals surface area contributed by atoms with Gasteiger partial charge < -0.3 is 10.0 Å². The number of rotatable bonds is 4. The average Bonchev–Trinajstić information content (AvgIpc) is 2.46. The molecule has 21 heavy (non-hydrogen) atoms. The lowest BCUT2D eigenvalue weighted by Gasteiger charge is -2.36. The minimum absolute atomic E-state index is 0.140. The molecule has 1 fully saturated rings. The van der Waals surface area contributed by atoms with Crippen molar-refractivity contribution < 1.29 is 14.7 Å². The van der Waals surface area contributed by atoms with Crippen LogP contribution in [-0.4, -0.2) is 40.2 Å². The fourth-order valence-electron chi connectivity index (χ4n) is 2.46. The van der Waals surface area contributed by atoms with Crippen LogP contribution in [0, 0.1) is 5.92 Å². The summed E-state index contributed by atoms with van der Waals surface area (Å²) in [4.78, 5) is 26.0. The molecule has 6 heteroatoms. The normalized spacial score (nSPS) is 22.1. The van der Waals surface area contributed by atoms with Gasteiger partial charge in [-0.3, -0.25) is 4.79 Å². The smallest absolute Gasteiger partial charge is 0.326 e. The molecule has 1 N–H and O–H groups in total. The van der Waals surface area contributed by atoms with Crippen molar-refractivity contribution in [2.45, 2.75) is 30.7 Å². The number of piperidine rings is 1. The molecule has 1 aliphatic heterocycles. The molecule has 0 aromatic heterocycles. The summed E-state index contributed by atoms with van der Waals surface area (Å²) in [6.45, 7) is 2.54. The predicted molar refractivity (Wildman–Crippen MR) is 83.7 cm³/mol. The second kappa shape index (κ2) is 7.18. The number of thioether (sulfide) groups is 1. The van der Waals surface area contributed by atoms with Gasteiger partial charge in [0.15, 0.2) is 0 Å². The van der Waals surface area contributed by atoms with Gasteiger partial charge in [-0.15, -0.1) is 11.8 Å². The Morgan fingerprint density at radius 2 is 2.14 bits per heavy atom. The first-order chi connectivity index (χ1) is 9.99. The van der Waals surface area contributed by atoms with Crippen molar-refractivity contribution >= 4 is 35.2 Å². The van der Waals surface area contributed by atoms with E-state index in [1.54, 1.807) is 6.07 Å². The molecule has 4 nitrogen and oxygen atoms in total. The van der Waals surface area contributed by atoms with Gasteiger partial charge in [0.05, 0.1) is 10.8 Å². The summed E-state index contributed by atoms with van der Waals surface area (Å²) < 4.78 is 0. The number of aliphatic carboxylic acids is 1. The number of carbonyl (C=O) groups is 2. The zero-order chi connectivity index (χ0) is 15.4. The number of hydrogen-bond acceptors (Lipinski definition) is 3. The highest BCUT2D eigenvalue weighted by Crippen LogP contribution is 2.28. The van der Waals surface area contributed by atoms with Crippen LogP contribution in [0.25, 0.3) is 0 Å². The van der Waals surface area contributed by atoms with Crippen molar-refractivity contribution in [1.29, 1.82) is 0 Å². The number of carbonyl (C=O) groups excluding carboxylic acids is 1. The Kier molecular flexibility index (Phi) is 5.53. The fourth-order valence-corrected chi connectivity index (χ4v) is 3.58. The Labute approximate surface area is 133 Å². The summed E-state index contributed by atoms with van der Waals surface area (Å²) in [5.41, 5.74) is 0. The minimum Gasteiger partial charge on any atom is -0.480 e.